The van der Waals surface area contributed by atoms with Gasteiger partial charge in [0.15, 0.2) is 3.42 Å². The fraction of sp³-hybridized carbons (Fsp3) is 0.640. The lowest BCUT2D eigenvalue weighted by Gasteiger charge is -2.42. The third-order valence-corrected chi connectivity index (χ3v) is 8.52. The predicted octanol–water partition coefficient (Wildman–Crippen LogP) is 4.72. The Balaban J connectivity index is 1.54. The SMILES string of the molecule is C[C@H]1C[C@@H](NC(=O)C(C)(C)C2CCN(C)CC2)CN(c2ccc(C(F)(P)I)c3nccnc23)C1. The number of fused-ring (bicyclic) bond motifs is 1. The number of carbonyl (C=O) groups is 1. The Morgan fingerprint density at radius 2 is 1.82 bits per heavy atom. The lowest BCUT2D eigenvalue weighted by Crippen LogP contribution is -2.54. The summed E-state index contributed by atoms with van der Waals surface area (Å²) >= 11 is 1.77. The van der Waals surface area contributed by atoms with Crippen LogP contribution in [0.1, 0.15) is 45.6 Å². The smallest absolute Gasteiger partial charge is 0.226 e. The molecule has 0 radical (unpaired) electrons. The van der Waals surface area contributed by atoms with Gasteiger partial charge in [0, 0.05) is 42.5 Å². The standard InChI is InChI=1S/C25H36FIN5OP/c1-16-13-18(30-23(33)24(2,3)17-7-11-31(4)12-8-17)15-32(14-16)20-6-5-19(25(26,27)34)21-22(20)29-10-9-28-21/h5-6,9-10,16-18H,7-8,11-15,34H2,1-4H3,(H,30,33)/t16-,18+,25?/m0/s1. The summed E-state index contributed by atoms with van der Waals surface area (Å²) in [6.07, 6.45) is 6.33. The van der Waals surface area contributed by atoms with Crippen LogP contribution in [0.15, 0.2) is 24.5 Å². The summed E-state index contributed by atoms with van der Waals surface area (Å²) in [5.74, 6) is 0.952. The van der Waals surface area contributed by atoms with Crippen molar-refractivity contribution in [3.05, 3.63) is 30.1 Å². The molecular weight excluding hydrogens is 563 g/mol. The van der Waals surface area contributed by atoms with Gasteiger partial charge in [-0.25, -0.2) is 4.39 Å². The van der Waals surface area contributed by atoms with Gasteiger partial charge in [-0.05, 0) is 79.9 Å². The zero-order valence-electron chi connectivity index (χ0n) is 20.5. The molecule has 2 saturated heterocycles. The minimum Gasteiger partial charge on any atom is -0.367 e. The fourth-order valence-electron chi connectivity index (χ4n) is 5.51. The number of benzene rings is 1. The number of nitrogens with zero attached hydrogens (tertiary/aromatic N) is 4. The second kappa shape index (κ2) is 10.1. The maximum Gasteiger partial charge on any atom is 0.226 e. The zero-order valence-corrected chi connectivity index (χ0v) is 23.8. The van der Waals surface area contributed by atoms with Crippen LogP contribution in [0.3, 0.4) is 0 Å². The van der Waals surface area contributed by atoms with E-state index in [0.29, 0.717) is 35.0 Å². The first-order valence-corrected chi connectivity index (χ1v) is 13.8. The number of halogens is 2. The van der Waals surface area contributed by atoms with Gasteiger partial charge in [-0.3, -0.25) is 14.8 Å². The highest BCUT2D eigenvalue weighted by atomic mass is 127. The van der Waals surface area contributed by atoms with Crippen molar-refractivity contribution in [3.8, 4) is 0 Å². The second-order valence-corrected chi connectivity index (χ2v) is 14.3. The summed E-state index contributed by atoms with van der Waals surface area (Å²) < 4.78 is 13.2. The van der Waals surface area contributed by atoms with Gasteiger partial charge in [-0.1, -0.05) is 36.1 Å². The Hall–Kier alpha value is -1.12. The average molecular weight is 599 g/mol. The number of alkyl halides is 2. The van der Waals surface area contributed by atoms with Crippen molar-refractivity contribution in [1.29, 1.82) is 0 Å². The highest BCUT2D eigenvalue weighted by Gasteiger charge is 2.39. The minimum absolute atomic E-state index is 0.0553. The number of rotatable bonds is 5. The Kier molecular flexibility index (Phi) is 7.71. The molecule has 4 rings (SSSR count). The first-order chi connectivity index (χ1) is 16.0. The fourth-order valence-corrected chi connectivity index (χ4v) is 6.17. The highest BCUT2D eigenvalue weighted by molar-refractivity contribution is 14.1. The molecule has 2 aliphatic rings. The topological polar surface area (TPSA) is 61.4 Å². The van der Waals surface area contributed by atoms with E-state index in [1.165, 1.54) is 0 Å². The maximum absolute atomic E-state index is 14.8. The second-order valence-electron chi connectivity index (χ2n) is 10.7. The van der Waals surface area contributed by atoms with Crippen molar-refractivity contribution >= 4 is 54.5 Å². The van der Waals surface area contributed by atoms with Crippen LogP contribution in [-0.4, -0.2) is 60.0 Å². The van der Waals surface area contributed by atoms with Crippen molar-refractivity contribution < 1.29 is 9.18 Å². The number of aromatic nitrogens is 2. The van der Waals surface area contributed by atoms with Gasteiger partial charge in [0.05, 0.1) is 11.2 Å². The lowest BCUT2D eigenvalue weighted by atomic mass is 9.73. The number of amides is 1. The van der Waals surface area contributed by atoms with Crippen LogP contribution >= 0.6 is 31.8 Å². The van der Waals surface area contributed by atoms with Gasteiger partial charge in [-0.2, -0.15) is 0 Å². The number of piperidine rings is 2. The molecule has 9 heteroatoms. The zero-order chi connectivity index (χ0) is 24.7. The van der Waals surface area contributed by atoms with Crippen LogP contribution in [0.4, 0.5) is 10.1 Å². The molecule has 1 aromatic carbocycles. The molecule has 0 saturated carbocycles. The average Bonchev–Trinajstić information content (AvgIpc) is 2.77. The van der Waals surface area contributed by atoms with E-state index in [2.05, 4.69) is 62.1 Å². The van der Waals surface area contributed by atoms with Gasteiger partial charge in [0.2, 0.25) is 5.91 Å². The van der Waals surface area contributed by atoms with Crippen LogP contribution in [0.25, 0.3) is 11.0 Å². The molecule has 3 heterocycles. The van der Waals surface area contributed by atoms with Crippen LogP contribution < -0.4 is 10.2 Å². The van der Waals surface area contributed by atoms with Gasteiger partial charge < -0.3 is 15.1 Å². The lowest BCUT2D eigenvalue weighted by molar-refractivity contribution is -0.134. The summed E-state index contributed by atoms with van der Waals surface area (Å²) in [6.45, 7) is 10.1. The minimum atomic E-state index is -1.62. The molecule has 2 aromatic rings. The van der Waals surface area contributed by atoms with Crippen molar-refractivity contribution in [2.45, 2.75) is 49.5 Å². The summed E-state index contributed by atoms with van der Waals surface area (Å²) in [4.78, 5) is 27.1. The molecule has 2 aliphatic heterocycles. The first kappa shape index (κ1) is 26.0. The van der Waals surface area contributed by atoms with Crippen LogP contribution in [0.5, 0.6) is 0 Å². The summed E-state index contributed by atoms with van der Waals surface area (Å²) in [7, 11) is 4.39. The number of hydrogen-bond donors (Lipinski definition) is 1. The number of nitrogens with one attached hydrogen (secondary N) is 1. The number of hydrogen-bond acceptors (Lipinski definition) is 5. The van der Waals surface area contributed by atoms with Crippen LogP contribution in [-0.2, 0) is 8.21 Å². The van der Waals surface area contributed by atoms with E-state index in [4.69, 9.17) is 0 Å². The highest BCUT2D eigenvalue weighted by Crippen LogP contribution is 2.44. The predicted molar refractivity (Wildman–Crippen MR) is 148 cm³/mol. The molecule has 186 valence electrons. The largest absolute Gasteiger partial charge is 0.367 e. The Bertz CT molecular complexity index is 1040. The molecule has 0 spiro atoms. The molecule has 34 heavy (non-hydrogen) atoms. The van der Waals surface area contributed by atoms with Crippen molar-refractivity contribution in [2.75, 3.05) is 38.1 Å². The van der Waals surface area contributed by atoms with Gasteiger partial charge in [0.1, 0.15) is 5.52 Å². The summed E-state index contributed by atoms with van der Waals surface area (Å²) in [6, 6.07) is 3.81. The first-order valence-electron chi connectivity index (χ1n) is 12.1. The number of likely N-dealkylation sites (tertiary alicyclic amines) is 1. The van der Waals surface area contributed by atoms with Crippen LogP contribution in [0.2, 0.25) is 0 Å². The summed E-state index contributed by atoms with van der Waals surface area (Å²) in [5.41, 5.74) is 2.33. The molecule has 2 unspecified atom stereocenters. The quantitative estimate of drug-likeness (QED) is 0.307. The van der Waals surface area contributed by atoms with E-state index < -0.39 is 8.83 Å². The third kappa shape index (κ3) is 5.49. The molecule has 1 amide bonds. The Morgan fingerprint density at radius 3 is 2.47 bits per heavy atom. The third-order valence-electron chi connectivity index (χ3n) is 7.62. The van der Waals surface area contributed by atoms with Crippen molar-refractivity contribution in [1.82, 2.24) is 20.2 Å². The van der Waals surface area contributed by atoms with E-state index in [-0.39, 0.29) is 11.9 Å². The van der Waals surface area contributed by atoms with E-state index in [0.717, 1.165) is 44.6 Å². The molecule has 1 aromatic heterocycles. The Morgan fingerprint density at radius 1 is 1.18 bits per heavy atom. The van der Waals surface area contributed by atoms with Gasteiger partial charge in [-0.15, -0.1) is 0 Å². The van der Waals surface area contributed by atoms with Crippen LogP contribution in [0, 0.1) is 17.3 Å². The number of carbonyl (C=O) groups excluding carboxylic acids is 1. The maximum atomic E-state index is 14.8. The van der Waals surface area contributed by atoms with E-state index in [1.54, 1.807) is 35.0 Å². The number of anilines is 1. The summed E-state index contributed by atoms with van der Waals surface area (Å²) in [5, 5.41) is 3.39. The molecular formula is C25H36FIN5OP. The molecule has 4 atom stereocenters. The Labute approximate surface area is 218 Å². The van der Waals surface area contributed by atoms with E-state index in [9.17, 15) is 9.18 Å². The van der Waals surface area contributed by atoms with Gasteiger partial charge >= 0.3 is 0 Å². The van der Waals surface area contributed by atoms with Crippen molar-refractivity contribution in [3.63, 3.8) is 0 Å². The van der Waals surface area contributed by atoms with Crippen molar-refractivity contribution in [2.24, 2.45) is 17.3 Å². The normalized spacial score (nSPS) is 24.7. The van der Waals surface area contributed by atoms with E-state index >= 15 is 0 Å². The monoisotopic (exact) mass is 599 g/mol. The molecule has 0 bridgehead atoms. The molecule has 1 N–H and O–H groups in total. The van der Waals surface area contributed by atoms with E-state index in [1.807, 2.05) is 12.1 Å². The molecule has 0 aliphatic carbocycles. The molecule has 2 fully saturated rings. The van der Waals surface area contributed by atoms with Gasteiger partial charge in [0.25, 0.3) is 0 Å². The molecule has 6 nitrogen and oxygen atoms in total.